The van der Waals surface area contributed by atoms with Crippen molar-refractivity contribution in [1.82, 2.24) is 4.57 Å². The second kappa shape index (κ2) is 9.25. The van der Waals surface area contributed by atoms with Gasteiger partial charge in [0.05, 0.1) is 40.1 Å². The molecule has 0 radical (unpaired) electrons. The predicted octanol–water partition coefficient (Wildman–Crippen LogP) is 2.10. The van der Waals surface area contributed by atoms with Crippen molar-refractivity contribution in [3.63, 3.8) is 0 Å². The van der Waals surface area contributed by atoms with Crippen LogP contribution in [-0.4, -0.2) is 36.6 Å². The number of nitrogens with zero attached hydrogens (tertiary/aromatic N) is 1. The van der Waals surface area contributed by atoms with E-state index in [1.165, 1.54) is 30.7 Å². The number of fused-ring (bicyclic) bond motifs is 1. The summed E-state index contributed by atoms with van der Waals surface area (Å²) in [6.45, 7) is 1.66. The second-order valence-electron chi connectivity index (χ2n) is 7.86. The average molecular weight is 525 g/mol. The molecule has 1 aliphatic heterocycles. The molecule has 5 rings (SSSR count). The van der Waals surface area contributed by atoms with Gasteiger partial charge in [0, 0.05) is 6.08 Å². The molecule has 0 bridgehead atoms. The first-order chi connectivity index (χ1) is 17.3. The SMILES string of the molecule is CCOC(=O)C1=c2sc(=Cc3ccco3)c(=O)n2C(=N)C(S(=O)(=O)c2ccccc2)C1c1ccco1. The first-order valence-corrected chi connectivity index (χ1v) is 13.3. The number of esters is 1. The minimum Gasteiger partial charge on any atom is -0.469 e. The van der Waals surface area contributed by atoms with Crippen molar-refractivity contribution < 1.29 is 26.8 Å². The largest absolute Gasteiger partial charge is 0.469 e. The van der Waals surface area contributed by atoms with E-state index in [0.29, 0.717) is 5.76 Å². The van der Waals surface area contributed by atoms with E-state index in [-0.39, 0.29) is 32.0 Å². The Labute approximate surface area is 209 Å². The minimum atomic E-state index is -4.26. The number of sulfone groups is 1. The lowest BCUT2D eigenvalue weighted by Crippen LogP contribution is -2.53. The molecule has 0 amide bonds. The maximum Gasteiger partial charge on any atom is 0.337 e. The molecule has 4 heterocycles. The third-order valence-corrected chi connectivity index (χ3v) is 8.95. The molecule has 0 aliphatic carbocycles. The van der Waals surface area contributed by atoms with E-state index in [4.69, 9.17) is 19.0 Å². The second-order valence-corrected chi connectivity index (χ2v) is 11.0. The van der Waals surface area contributed by atoms with Gasteiger partial charge in [0.15, 0.2) is 9.84 Å². The van der Waals surface area contributed by atoms with Crippen molar-refractivity contribution >= 4 is 44.6 Å². The van der Waals surface area contributed by atoms with Crippen molar-refractivity contribution in [1.29, 1.82) is 5.41 Å². The fraction of sp³-hybridized carbons (Fsp3) is 0.160. The summed E-state index contributed by atoms with van der Waals surface area (Å²) in [6, 6.07) is 14.0. The van der Waals surface area contributed by atoms with Crippen LogP contribution in [0, 0.1) is 5.41 Å². The van der Waals surface area contributed by atoms with E-state index in [1.54, 1.807) is 49.4 Å². The normalized spacial score (nSPS) is 18.3. The predicted molar refractivity (Wildman–Crippen MR) is 132 cm³/mol. The molecule has 3 aromatic heterocycles. The third-order valence-electron chi connectivity index (χ3n) is 5.75. The number of aromatic nitrogens is 1. The molecule has 1 N–H and O–H groups in total. The number of nitrogens with one attached hydrogen (secondary N) is 1. The molecule has 1 aliphatic rings. The maximum absolute atomic E-state index is 13.9. The number of carbonyl (C=O) groups is 1. The number of carbonyl (C=O) groups excluding carboxylic acids is 1. The van der Waals surface area contributed by atoms with Gasteiger partial charge in [-0.15, -0.1) is 11.3 Å². The van der Waals surface area contributed by atoms with Gasteiger partial charge >= 0.3 is 5.97 Å². The zero-order chi connectivity index (χ0) is 25.4. The quantitative estimate of drug-likeness (QED) is 0.382. The van der Waals surface area contributed by atoms with Crippen LogP contribution in [0.4, 0.5) is 0 Å². The summed E-state index contributed by atoms with van der Waals surface area (Å²) in [5, 5.41) is 7.33. The van der Waals surface area contributed by atoms with Crippen molar-refractivity contribution in [2.45, 2.75) is 23.0 Å². The van der Waals surface area contributed by atoms with E-state index in [0.717, 1.165) is 15.9 Å². The van der Waals surface area contributed by atoms with Gasteiger partial charge in [-0.3, -0.25) is 14.8 Å². The van der Waals surface area contributed by atoms with Crippen LogP contribution in [0.2, 0.25) is 0 Å². The molecule has 4 aromatic rings. The molecule has 0 saturated carbocycles. The van der Waals surface area contributed by atoms with Crippen LogP contribution >= 0.6 is 11.3 Å². The van der Waals surface area contributed by atoms with E-state index in [9.17, 15) is 18.0 Å². The standard InChI is InChI=1S/C25H20N2O7S2/c1-2-32-25(29)20-19(17-11-7-13-34-17)21(36(30,31)16-9-4-3-5-10-16)22(26)27-23(28)18(35-24(20)27)14-15-8-6-12-33-15/h3-14,19,21,26H,2H2,1H3. The van der Waals surface area contributed by atoms with Crippen LogP contribution in [-0.2, 0) is 19.4 Å². The van der Waals surface area contributed by atoms with Crippen molar-refractivity contribution in [3.8, 4) is 0 Å². The zero-order valence-corrected chi connectivity index (χ0v) is 20.5. The van der Waals surface area contributed by atoms with Gasteiger partial charge in [-0.2, -0.15) is 0 Å². The van der Waals surface area contributed by atoms with Crippen LogP contribution in [0.3, 0.4) is 0 Å². The smallest absolute Gasteiger partial charge is 0.337 e. The van der Waals surface area contributed by atoms with Crippen LogP contribution < -0.4 is 14.8 Å². The van der Waals surface area contributed by atoms with Gasteiger partial charge in [0.25, 0.3) is 5.56 Å². The Morgan fingerprint density at radius 3 is 2.47 bits per heavy atom. The molecule has 2 unspecified atom stereocenters. The Balaban J connectivity index is 1.87. The van der Waals surface area contributed by atoms with E-state index >= 15 is 0 Å². The molecular weight excluding hydrogens is 504 g/mol. The van der Waals surface area contributed by atoms with Crippen LogP contribution in [0.15, 0.2) is 85.6 Å². The molecule has 11 heteroatoms. The first-order valence-electron chi connectivity index (χ1n) is 10.9. The van der Waals surface area contributed by atoms with Crippen LogP contribution in [0.5, 0.6) is 0 Å². The molecular formula is C25H20N2O7S2. The Bertz CT molecular complexity index is 1710. The molecule has 2 atom stereocenters. The number of hydrogen-bond acceptors (Lipinski definition) is 9. The molecule has 36 heavy (non-hydrogen) atoms. The van der Waals surface area contributed by atoms with Gasteiger partial charge in [0.2, 0.25) is 0 Å². The highest BCUT2D eigenvalue weighted by atomic mass is 32.2. The van der Waals surface area contributed by atoms with Crippen molar-refractivity contribution in [2.24, 2.45) is 0 Å². The molecule has 1 aromatic carbocycles. The molecule has 0 fully saturated rings. The van der Waals surface area contributed by atoms with Gasteiger partial charge in [-0.05, 0) is 43.3 Å². The topological polar surface area (TPSA) is 133 Å². The van der Waals surface area contributed by atoms with Crippen LogP contribution in [0.25, 0.3) is 11.6 Å². The van der Waals surface area contributed by atoms with E-state index in [1.807, 2.05) is 0 Å². The Morgan fingerprint density at radius 1 is 1.11 bits per heavy atom. The van der Waals surface area contributed by atoms with E-state index < -0.39 is 38.4 Å². The molecule has 0 saturated heterocycles. The molecule has 9 nitrogen and oxygen atoms in total. The summed E-state index contributed by atoms with van der Waals surface area (Å²) in [6.07, 6.45) is 4.29. The summed E-state index contributed by atoms with van der Waals surface area (Å²) in [7, 11) is -4.26. The van der Waals surface area contributed by atoms with Crippen molar-refractivity contribution in [3.05, 3.63) is 98.2 Å². The van der Waals surface area contributed by atoms with E-state index in [2.05, 4.69) is 0 Å². The summed E-state index contributed by atoms with van der Waals surface area (Å²) in [5.41, 5.74) is -0.696. The van der Waals surface area contributed by atoms with Crippen molar-refractivity contribution in [2.75, 3.05) is 6.61 Å². The Morgan fingerprint density at radius 2 is 1.83 bits per heavy atom. The Kier molecular flexibility index (Phi) is 6.10. The number of rotatable bonds is 6. The number of hydrogen-bond donors (Lipinski definition) is 1. The number of furan rings is 2. The zero-order valence-electron chi connectivity index (χ0n) is 18.9. The van der Waals surface area contributed by atoms with Gasteiger partial charge < -0.3 is 13.6 Å². The minimum absolute atomic E-state index is 0.0295. The third kappa shape index (κ3) is 3.86. The summed E-state index contributed by atoms with van der Waals surface area (Å²) in [4.78, 5) is 26.7. The molecule has 184 valence electrons. The summed E-state index contributed by atoms with van der Waals surface area (Å²) < 4.78 is 45.3. The number of thiazole rings is 1. The highest BCUT2D eigenvalue weighted by molar-refractivity contribution is 7.93. The van der Waals surface area contributed by atoms with Gasteiger partial charge in [-0.25, -0.2) is 13.2 Å². The number of benzene rings is 1. The highest BCUT2D eigenvalue weighted by Crippen LogP contribution is 2.38. The lowest BCUT2D eigenvalue weighted by atomic mass is 9.90. The summed E-state index contributed by atoms with van der Waals surface area (Å²) >= 11 is 0.955. The average Bonchev–Trinajstić information content (AvgIpc) is 3.63. The maximum atomic E-state index is 13.9. The monoisotopic (exact) mass is 524 g/mol. The van der Waals surface area contributed by atoms with Gasteiger partial charge in [-0.1, -0.05) is 18.2 Å². The first kappa shape index (κ1) is 23.8. The molecule has 0 spiro atoms. The Hall–Kier alpha value is -3.96. The fourth-order valence-corrected chi connectivity index (χ4v) is 7.23. The highest BCUT2D eigenvalue weighted by Gasteiger charge is 2.49. The lowest BCUT2D eigenvalue weighted by Gasteiger charge is -2.30. The summed E-state index contributed by atoms with van der Waals surface area (Å²) in [5.74, 6) is -1.93. The van der Waals surface area contributed by atoms with Gasteiger partial charge in [0.1, 0.15) is 27.3 Å². The lowest BCUT2D eigenvalue weighted by molar-refractivity contribution is -0.136. The fourth-order valence-electron chi connectivity index (χ4n) is 4.22. The van der Waals surface area contributed by atoms with Crippen LogP contribution in [0.1, 0.15) is 24.4 Å². The number of ether oxygens (including phenoxy) is 1.